The Balaban J connectivity index is 1.79. The second-order valence-corrected chi connectivity index (χ2v) is 5.36. The topological polar surface area (TPSA) is 25.8 Å². The predicted molar refractivity (Wildman–Crippen MR) is 77.8 cm³/mol. The summed E-state index contributed by atoms with van der Waals surface area (Å²) in [6, 6.07) is 8.57. The van der Waals surface area contributed by atoms with E-state index >= 15 is 0 Å². The van der Waals surface area contributed by atoms with Crippen LogP contribution in [0, 0.1) is 12.8 Å². The Bertz CT molecular complexity index is 595. The van der Waals surface area contributed by atoms with Gasteiger partial charge in [-0.2, -0.15) is 0 Å². The Morgan fingerprint density at radius 3 is 2.63 bits per heavy atom. The minimum atomic E-state index is 0.643. The molecule has 19 heavy (non-hydrogen) atoms. The average molecular weight is 250 g/mol. The van der Waals surface area contributed by atoms with E-state index in [-0.39, 0.29) is 0 Å². The quantitative estimate of drug-likeness (QED) is 0.825. The van der Waals surface area contributed by atoms with Crippen molar-refractivity contribution in [2.45, 2.75) is 26.2 Å². The van der Waals surface area contributed by atoms with Crippen molar-refractivity contribution in [2.24, 2.45) is 5.92 Å². The number of aryl methyl sites for hydroxylation is 1. The summed E-state index contributed by atoms with van der Waals surface area (Å²) in [7, 11) is 0. The van der Waals surface area contributed by atoms with Crippen molar-refractivity contribution in [1.29, 1.82) is 0 Å². The fraction of sp³-hybridized carbons (Fsp3) is 0.294. The first-order valence-electron chi connectivity index (χ1n) is 6.78. The predicted octanol–water partition coefficient (Wildman–Crippen LogP) is 3.80. The molecule has 0 bridgehead atoms. The van der Waals surface area contributed by atoms with Gasteiger partial charge in [-0.3, -0.25) is 4.98 Å². The number of benzene rings is 1. The van der Waals surface area contributed by atoms with E-state index in [9.17, 15) is 0 Å². The van der Waals surface area contributed by atoms with Gasteiger partial charge in [0.05, 0.1) is 17.6 Å². The minimum Gasteiger partial charge on any atom is -0.261 e. The molecule has 0 atom stereocenters. The van der Waals surface area contributed by atoms with Crippen LogP contribution in [0.1, 0.15) is 35.4 Å². The van der Waals surface area contributed by atoms with Gasteiger partial charge in [0.1, 0.15) is 0 Å². The number of aromatic nitrogens is 2. The smallest absolute Gasteiger partial charge is 0.0845 e. The first kappa shape index (κ1) is 12.1. The van der Waals surface area contributed by atoms with E-state index in [4.69, 9.17) is 0 Å². The van der Waals surface area contributed by atoms with Crippen molar-refractivity contribution < 1.29 is 0 Å². The van der Waals surface area contributed by atoms with Crippen LogP contribution in [0.15, 0.2) is 43.2 Å². The van der Waals surface area contributed by atoms with Crippen LogP contribution >= 0.6 is 0 Å². The molecule has 1 aliphatic carbocycles. The lowest BCUT2D eigenvalue weighted by Crippen LogP contribution is -1.98. The van der Waals surface area contributed by atoms with E-state index in [2.05, 4.69) is 47.7 Å². The molecule has 1 aliphatic rings. The second-order valence-electron chi connectivity index (χ2n) is 5.36. The molecular formula is C17H18N2. The third-order valence-corrected chi connectivity index (χ3v) is 3.59. The Morgan fingerprint density at radius 2 is 1.95 bits per heavy atom. The fourth-order valence-electron chi connectivity index (χ4n) is 2.20. The largest absolute Gasteiger partial charge is 0.261 e. The molecule has 0 spiro atoms. The number of rotatable bonds is 4. The van der Waals surface area contributed by atoms with Gasteiger partial charge in [-0.15, -0.1) is 0 Å². The summed E-state index contributed by atoms with van der Waals surface area (Å²) in [5.74, 6) is 0.643. The van der Waals surface area contributed by atoms with Gasteiger partial charge >= 0.3 is 0 Å². The van der Waals surface area contributed by atoms with E-state index in [0.717, 1.165) is 23.4 Å². The summed E-state index contributed by atoms with van der Waals surface area (Å²) in [4.78, 5) is 9.00. The Hall–Kier alpha value is -1.96. The summed E-state index contributed by atoms with van der Waals surface area (Å²) >= 11 is 0. The van der Waals surface area contributed by atoms with Crippen LogP contribution in [0.2, 0.25) is 0 Å². The number of nitrogens with zero attached hydrogens (tertiary/aromatic N) is 2. The zero-order chi connectivity index (χ0) is 13.2. The van der Waals surface area contributed by atoms with Gasteiger partial charge in [0.15, 0.2) is 0 Å². The van der Waals surface area contributed by atoms with Gasteiger partial charge in [0.2, 0.25) is 0 Å². The molecule has 0 N–H and O–H groups in total. The second kappa shape index (κ2) is 4.96. The molecule has 2 aromatic rings. The fourth-order valence-corrected chi connectivity index (χ4v) is 2.20. The van der Waals surface area contributed by atoms with Crippen molar-refractivity contribution in [3.63, 3.8) is 0 Å². The summed E-state index contributed by atoms with van der Waals surface area (Å²) < 4.78 is 0. The number of hydrogen-bond donors (Lipinski definition) is 0. The molecule has 96 valence electrons. The van der Waals surface area contributed by atoms with Crippen molar-refractivity contribution in [2.75, 3.05) is 0 Å². The molecule has 0 radical (unpaired) electrons. The van der Waals surface area contributed by atoms with Crippen LogP contribution in [0.4, 0.5) is 0 Å². The molecule has 3 rings (SSSR count). The summed E-state index contributed by atoms with van der Waals surface area (Å²) in [5.41, 5.74) is 5.69. The maximum Gasteiger partial charge on any atom is 0.0845 e. The monoisotopic (exact) mass is 250 g/mol. The molecular weight excluding hydrogens is 232 g/mol. The Morgan fingerprint density at radius 1 is 1.21 bits per heavy atom. The van der Waals surface area contributed by atoms with Crippen molar-refractivity contribution >= 4 is 5.57 Å². The van der Waals surface area contributed by atoms with Gasteiger partial charge in [-0.1, -0.05) is 36.4 Å². The molecule has 1 saturated carbocycles. The normalized spacial score (nSPS) is 14.4. The highest BCUT2D eigenvalue weighted by Crippen LogP contribution is 2.39. The first-order valence-corrected chi connectivity index (χ1v) is 6.78. The van der Waals surface area contributed by atoms with Gasteiger partial charge in [-0.25, -0.2) is 4.98 Å². The standard InChI is InChI=1S/C17H18N2/c1-12-3-5-14(6-4-12)9-16-10-18-11-17(19-16)13(2)15-7-8-15/h3-6,10-11,15H,2,7-9H2,1H3. The van der Waals surface area contributed by atoms with E-state index < -0.39 is 0 Å². The van der Waals surface area contributed by atoms with Crippen LogP contribution in [0.3, 0.4) is 0 Å². The molecule has 1 aromatic carbocycles. The molecule has 1 fully saturated rings. The summed E-state index contributed by atoms with van der Waals surface area (Å²) in [5, 5.41) is 0. The van der Waals surface area contributed by atoms with E-state index in [0.29, 0.717) is 5.92 Å². The minimum absolute atomic E-state index is 0.643. The third kappa shape index (κ3) is 2.90. The highest BCUT2D eigenvalue weighted by atomic mass is 14.8. The molecule has 2 nitrogen and oxygen atoms in total. The van der Waals surface area contributed by atoms with Gasteiger partial charge in [-0.05, 0) is 36.8 Å². The first-order chi connectivity index (χ1) is 9.22. The zero-order valence-corrected chi connectivity index (χ0v) is 11.3. The third-order valence-electron chi connectivity index (χ3n) is 3.59. The van der Waals surface area contributed by atoms with Crippen molar-refractivity contribution in [1.82, 2.24) is 9.97 Å². The molecule has 1 heterocycles. The van der Waals surface area contributed by atoms with Crippen LogP contribution in [0.25, 0.3) is 5.57 Å². The molecule has 0 aliphatic heterocycles. The van der Waals surface area contributed by atoms with Crippen LogP contribution < -0.4 is 0 Å². The van der Waals surface area contributed by atoms with Crippen molar-refractivity contribution in [3.8, 4) is 0 Å². The van der Waals surface area contributed by atoms with Gasteiger partial charge in [0, 0.05) is 12.6 Å². The lowest BCUT2D eigenvalue weighted by molar-refractivity contribution is 0.995. The average Bonchev–Trinajstić information content (AvgIpc) is 3.25. The number of allylic oxidation sites excluding steroid dienone is 1. The van der Waals surface area contributed by atoms with Gasteiger partial charge in [0.25, 0.3) is 0 Å². The van der Waals surface area contributed by atoms with Crippen molar-refractivity contribution in [3.05, 3.63) is 65.8 Å². The number of hydrogen-bond acceptors (Lipinski definition) is 2. The molecule has 0 amide bonds. The highest BCUT2D eigenvalue weighted by Gasteiger charge is 2.26. The SMILES string of the molecule is C=C(c1cncc(Cc2ccc(C)cc2)n1)C1CC1. The Kier molecular flexibility index (Phi) is 3.16. The summed E-state index contributed by atoms with van der Waals surface area (Å²) in [6.07, 6.45) is 7.02. The molecule has 0 unspecified atom stereocenters. The van der Waals surface area contributed by atoms with Crippen LogP contribution in [0.5, 0.6) is 0 Å². The summed E-state index contributed by atoms with van der Waals surface area (Å²) in [6.45, 7) is 6.25. The van der Waals surface area contributed by atoms with E-state index in [1.54, 1.807) is 0 Å². The van der Waals surface area contributed by atoms with E-state index in [1.165, 1.54) is 24.0 Å². The van der Waals surface area contributed by atoms with E-state index in [1.807, 2.05) is 12.4 Å². The lowest BCUT2D eigenvalue weighted by atomic mass is 10.1. The highest BCUT2D eigenvalue weighted by molar-refractivity contribution is 5.63. The van der Waals surface area contributed by atoms with Gasteiger partial charge < -0.3 is 0 Å². The zero-order valence-electron chi connectivity index (χ0n) is 11.3. The molecule has 0 saturated heterocycles. The Labute approximate surface area is 114 Å². The molecule has 2 heteroatoms. The maximum absolute atomic E-state index is 4.69. The molecule has 1 aromatic heterocycles. The lowest BCUT2D eigenvalue weighted by Gasteiger charge is -2.06. The van der Waals surface area contributed by atoms with Crippen LogP contribution in [-0.2, 0) is 6.42 Å². The maximum atomic E-state index is 4.69. The van der Waals surface area contributed by atoms with Crippen LogP contribution in [-0.4, -0.2) is 9.97 Å².